The Morgan fingerprint density at radius 2 is 2.05 bits per heavy atom. The minimum Gasteiger partial charge on any atom is -0.379 e. The second-order valence-electron chi connectivity index (χ2n) is 4.64. The highest BCUT2D eigenvalue weighted by Gasteiger charge is 2.17. The van der Waals surface area contributed by atoms with Crippen LogP contribution in [-0.4, -0.2) is 11.5 Å². The Bertz CT molecular complexity index is 677. The Kier molecular flexibility index (Phi) is 4.90. The number of halogens is 2. The van der Waals surface area contributed by atoms with E-state index in [1.54, 1.807) is 0 Å². The van der Waals surface area contributed by atoms with Crippen LogP contribution in [0.4, 0.5) is 15.8 Å². The number of anilines is 1. The molecule has 0 aliphatic carbocycles. The highest BCUT2D eigenvalue weighted by molar-refractivity contribution is 9.10. The van der Waals surface area contributed by atoms with Gasteiger partial charge in [-0.15, -0.1) is 0 Å². The summed E-state index contributed by atoms with van der Waals surface area (Å²) in [6, 6.07) is 10.2. The molecule has 0 fully saturated rings. The van der Waals surface area contributed by atoms with Crippen molar-refractivity contribution >= 4 is 27.3 Å². The maximum atomic E-state index is 13.5. The summed E-state index contributed by atoms with van der Waals surface area (Å²) in [6.45, 7) is 2.50. The summed E-state index contributed by atoms with van der Waals surface area (Å²) < 4.78 is 13.6. The molecule has 0 bridgehead atoms. The van der Waals surface area contributed by atoms with Gasteiger partial charge in [-0.2, -0.15) is 0 Å². The molecule has 0 radical (unpaired) electrons. The molecule has 0 spiro atoms. The van der Waals surface area contributed by atoms with Gasteiger partial charge in [0.25, 0.3) is 5.69 Å². The zero-order valence-corrected chi connectivity index (χ0v) is 13.0. The molecular formula is C15H14BrFN2O2. The van der Waals surface area contributed by atoms with E-state index in [2.05, 4.69) is 21.2 Å². The van der Waals surface area contributed by atoms with Gasteiger partial charge in [0.15, 0.2) is 0 Å². The fourth-order valence-corrected chi connectivity index (χ4v) is 2.38. The summed E-state index contributed by atoms with van der Waals surface area (Å²) in [5.74, 6) is -0.529. The Balaban J connectivity index is 2.11. The molecule has 0 saturated heterocycles. The molecule has 0 saturated carbocycles. The molecule has 0 amide bonds. The van der Waals surface area contributed by atoms with E-state index in [0.717, 1.165) is 17.2 Å². The first-order valence-electron chi connectivity index (χ1n) is 6.41. The number of rotatable bonds is 5. The monoisotopic (exact) mass is 352 g/mol. The molecule has 2 aromatic rings. The number of aryl methyl sites for hydroxylation is 1. The van der Waals surface area contributed by atoms with Crippen LogP contribution >= 0.6 is 15.9 Å². The molecule has 2 rings (SSSR count). The molecule has 21 heavy (non-hydrogen) atoms. The van der Waals surface area contributed by atoms with Crippen molar-refractivity contribution in [1.82, 2.24) is 0 Å². The van der Waals surface area contributed by atoms with Crippen LogP contribution in [0, 0.1) is 22.9 Å². The van der Waals surface area contributed by atoms with E-state index in [0.29, 0.717) is 13.0 Å². The third kappa shape index (κ3) is 3.78. The van der Waals surface area contributed by atoms with Gasteiger partial charge in [-0.25, -0.2) is 4.39 Å². The van der Waals surface area contributed by atoms with Crippen molar-refractivity contribution in [2.45, 2.75) is 13.3 Å². The molecule has 2 aromatic carbocycles. The summed E-state index contributed by atoms with van der Waals surface area (Å²) in [7, 11) is 0. The normalized spacial score (nSPS) is 10.4. The average Bonchev–Trinajstić information content (AvgIpc) is 2.44. The highest BCUT2D eigenvalue weighted by atomic mass is 79.9. The molecule has 110 valence electrons. The predicted octanol–water partition coefficient (Wildman–Crippen LogP) is 4.46. The van der Waals surface area contributed by atoms with E-state index < -0.39 is 10.7 Å². The van der Waals surface area contributed by atoms with E-state index >= 15 is 0 Å². The number of nitro groups is 1. The highest BCUT2D eigenvalue weighted by Crippen LogP contribution is 2.30. The van der Waals surface area contributed by atoms with Crippen LogP contribution in [0.15, 0.2) is 40.9 Å². The van der Waals surface area contributed by atoms with Crippen molar-refractivity contribution in [2.75, 3.05) is 11.9 Å². The number of benzene rings is 2. The van der Waals surface area contributed by atoms with Gasteiger partial charge < -0.3 is 5.32 Å². The standard InChI is InChI=1S/C15H14BrFN2O2/c1-10-4-2-3-5-11(10)6-7-18-14-9-13(17)12(16)8-15(14)19(20)21/h2-5,8-9,18H,6-7H2,1H3. The van der Waals surface area contributed by atoms with Crippen LogP contribution in [0.2, 0.25) is 0 Å². The van der Waals surface area contributed by atoms with Gasteiger partial charge in [0.05, 0.1) is 9.40 Å². The molecule has 0 heterocycles. The van der Waals surface area contributed by atoms with Gasteiger partial charge in [0.1, 0.15) is 11.5 Å². The Morgan fingerprint density at radius 1 is 1.33 bits per heavy atom. The molecular weight excluding hydrogens is 339 g/mol. The number of nitrogens with zero attached hydrogens (tertiary/aromatic N) is 1. The lowest BCUT2D eigenvalue weighted by molar-refractivity contribution is -0.384. The number of nitrogens with one attached hydrogen (secondary N) is 1. The largest absolute Gasteiger partial charge is 0.379 e. The van der Waals surface area contributed by atoms with Gasteiger partial charge in [-0.05, 0) is 40.4 Å². The van der Waals surface area contributed by atoms with Crippen LogP contribution in [0.1, 0.15) is 11.1 Å². The van der Waals surface area contributed by atoms with E-state index in [-0.39, 0.29) is 15.8 Å². The van der Waals surface area contributed by atoms with Crippen molar-refractivity contribution in [3.63, 3.8) is 0 Å². The quantitative estimate of drug-likeness (QED) is 0.638. The van der Waals surface area contributed by atoms with Crippen molar-refractivity contribution in [1.29, 1.82) is 0 Å². The van der Waals surface area contributed by atoms with Crippen molar-refractivity contribution in [2.24, 2.45) is 0 Å². The maximum Gasteiger partial charge on any atom is 0.293 e. The zero-order chi connectivity index (χ0) is 15.4. The van der Waals surface area contributed by atoms with Gasteiger partial charge in [-0.1, -0.05) is 24.3 Å². The predicted molar refractivity (Wildman–Crippen MR) is 84.1 cm³/mol. The second kappa shape index (κ2) is 6.67. The summed E-state index contributed by atoms with van der Waals surface area (Å²) in [4.78, 5) is 10.5. The van der Waals surface area contributed by atoms with E-state index in [1.807, 2.05) is 31.2 Å². The topological polar surface area (TPSA) is 55.2 Å². The van der Waals surface area contributed by atoms with Crippen LogP contribution in [-0.2, 0) is 6.42 Å². The smallest absolute Gasteiger partial charge is 0.293 e. The summed E-state index contributed by atoms with van der Waals surface area (Å²) in [5, 5.41) is 13.9. The van der Waals surface area contributed by atoms with Crippen LogP contribution in [0.25, 0.3) is 0 Å². The fraction of sp³-hybridized carbons (Fsp3) is 0.200. The van der Waals surface area contributed by atoms with E-state index in [1.165, 1.54) is 6.07 Å². The van der Waals surface area contributed by atoms with E-state index in [4.69, 9.17) is 0 Å². The van der Waals surface area contributed by atoms with Crippen molar-refractivity contribution in [3.8, 4) is 0 Å². The average molecular weight is 353 g/mol. The number of nitro benzene ring substituents is 1. The van der Waals surface area contributed by atoms with Crippen molar-refractivity contribution in [3.05, 3.63) is 67.9 Å². The first kappa shape index (κ1) is 15.4. The maximum absolute atomic E-state index is 13.5. The van der Waals surface area contributed by atoms with Crippen molar-refractivity contribution < 1.29 is 9.31 Å². The molecule has 0 aliphatic rings. The minimum absolute atomic E-state index is 0.0821. The summed E-state index contributed by atoms with van der Waals surface area (Å²) >= 11 is 2.96. The van der Waals surface area contributed by atoms with Gasteiger partial charge in [-0.3, -0.25) is 10.1 Å². The second-order valence-corrected chi connectivity index (χ2v) is 5.50. The zero-order valence-electron chi connectivity index (χ0n) is 11.4. The van der Waals surface area contributed by atoms with Gasteiger partial charge in [0.2, 0.25) is 0 Å². The summed E-state index contributed by atoms with van der Waals surface area (Å²) in [5.41, 5.74) is 2.36. The van der Waals surface area contributed by atoms with Crippen LogP contribution in [0.3, 0.4) is 0 Å². The first-order chi connectivity index (χ1) is 9.99. The van der Waals surface area contributed by atoms with E-state index in [9.17, 15) is 14.5 Å². The molecule has 4 nitrogen and oxygen atoms in total. The van der Waals surface area contributed by atoms with Gasteiger partial charge in [0, 0.05) is 18.7 Å². The lowest BCUT2D eigenvalue weighted by Crippen LogP contribution is -2.08. The third-order valence-electron chi connectivity index (χ3n) is 3.21. The molecule has 0 aromatic heterocycles. The Hall–Kier alpha value is -1.95. The molecule has 0 unspecified atom stereocenters. The lowest BCUT2D eigenvalue weighted by Gasteiger charge is -2.09. The molecule has 0 aliphatic heterocycles. The lowest BCUT2D eigenvalue weighted by atomic mass is 10.1. The number of hydrogen-bond acceptors (Lipinski definition) is 3. The Labute approximate surface area is 130 Å². The number of hydrogen-bond donors (Lipinski definition) is 1. The Morgan fingerprint density at radius 3 is 2.71 bits per heavy atom. The third-order valence-corrected chi connectivity index (χ3v) is 3.81. The summed E-state index contributed by atoms with van der Waals surface area (Å²) in [6.07, 6.45) is 0.710. The molecule has 6 heteroatoms. The van der Waals surface area contributed by atoms with Gasteiger partial charge >= 0.3 is 0 Å². The fourth-order valence-electron chi connectivity index (χ4n) is 2.05. The van der Waals surface area contributed by atoms with Crippen LogP contribution in [0.5, 0.6) is 0 Å². The molecule has 0 atom stereocenters. The van der Waals surface area contributed by atoms with Crippen LogP contribution < -0.4 is 5.32 Å². The SMILES string of the molecule is Cc1ccccc1CCNc1cc(F)c(Br)cc1[N+](=O)[O-]. The molecule has 1 N–H and O–H groups in total. The first-order valence-corrected chi connectivity index (χ1v) is 7.20. The minimum atomic E-state index is -0.529.